The van der Waals surface area contributed by atoms with Crippen molar-refractivity contribution in [1.82, 2.24) is 14.8 Å². The minimum absolute atomic E-state index is 0.170. The third kappa shape index (κ3) is 5.96. The van der Waals surface area contributed by atoms with Gasteiger partial charge < -0.3 is 19.5 Å². The summed E-state index contributed by atoms with van der Waals surface area (Å²) in [5, 5.41) is 11.8. The zero-order valence-electron chi connectivity index (χ0n) is 18.2. The Morgan fingerprint density at radius 1 is 1.27 bits per heavy atom. The van der Waals surface area contributed by atoms with Crippen LogP contribution in [0.1, 0.15) is 55.1 Å². The van der Waals surface area contributed by atoms with Crippen LogP contribution in [0.5, 0.6) is 0 Å². The van der Waals surface area contributed by atoms with Crippen LogP contribution in [0.3, 0.4) is 0 Å². The van der Waals surface area contributed by atoms with Crippen molar-refractivity contribution < 1.29 is 19.1 Å². The lowest BCUT2D eigenvalue weighted by molar-refractivity contribution is -0.144. The molecule has 1 fully saturated rings. The molecule has 1 N–H and O–H groups in total. The van der Waals surface area contributed by atoms with Crippen LogP contribution in [0.2, 0.25) is 0 Å². The summed E-state index contributed by atoms with van der Waals surface area (Å²) >= 11 is 0. The van der Waals surface area contributed by atoms with E-state index in [0.29, 0.717) is 6.04 Å². The van der Waals surface area contributed by atoms with Crippen LogP contribution in [0.15, 0.2) is 11.6 Å². The molecule has 8 nitrogen and oxygen atoms in total. The molecule has 30 heavy (non-hydrogen) atoms. The first kappa shape index (κ1) is 23.2. The Morgan fingerprint density at radius 2 is 1.93 bits per heavy atom. The van der Waals surface area contributed by atoms with Crippen molar-refractivity contribution in [2.75, 3.05) is 27.2 Å². The maximum absolute atomic E-state index is 12.3. The minimum Gasteiger partial charge on any atom is -0.451 e. The first-order chi connectivity index (χ1) is 14.2. The smallest absolute Gasteiger partial charge is 0.349 e. The van der Waals surface area contributed by atoms with Gasteiger partial charge in [0.1, 0.15) is 11.6 Å². The molecule has 0 aromatic carbocycles. The molecular weight excluding hydrogens is 384 g/mol. The van der Waals surface area contributed by atoms with E-state index in [1.54, 1.807) is 14.1 Å². The number of aromatic nitrogens is 1. The lowest BCUT2D eigenvalue weighted by Crippen LogP contribution is -2.38. The third-order valence-electron chi connectivity index (χ3n) is 5.37. The molecule has 1 aromatic heterocycles. The molecule has 2 rings (SSSR count). The van der Waals surface area contributed by atoms with Gasteiger partial charge in [-0.25, -0.2) is 4.79 Å². The molecular formula is C22H30N4O4. The topological polar surface area (TPSA) is 104 Å². The molecule has 1 heterocycles. The molecule has 8 heteroatoms. The number of nitrogens with zero attached hydrogens (tertiary/aromatic N) is 3. The van der Waals surface area contributed by atoms with Gasteiger partial charge >= 0.3 is 5.97 Å². The van der Waals surface area contributed by atoms with Crippen LogP contribution in [-0.4, -0.2) is 54.5 Å². The number of nitriles is 1. The highest BCUT2D eigenvalue weighted by molar-refractivity contribution is 5.99. The highest BCUT2D eigenvalue weighted by Crippen LogP contribution is 2.32. The number of amides is 2. The first-order valence-corrected chi connectivity index (χ1v) is 10.2. The van der Waals surface area contributed by atoms with E-state index >= 15 is 0 Å². The number of hydrogen-bond acceptors (Lipinski definition) is 5. The Morgan fingerprint density at radius 3 is 2.53 bits per heavy atom. The second kappa shape index (κ2) is 10.6. The van der Waals surface area contributed by atoms with Gasteiger partial charge in [0, 0.05) is 31.5 Å². The summed E-state index contributed by atoms with van der Waals surface area (Å²) < 4.78 is 7.23. The number of likely N-dealkylation sites (N-methyl/N-ethyl adjacent to an activating group) is 1. The van der Waals surface area contributed by atoms with Crippen molar-refractivity contribution in [1.29, 1.82) is 5.26 Å². The van der Waals surface area contributed by atoms with Crippen LogP contribution < -0.4 is 5.32 Å². The van der Waals surface area contributed by atoms with Gasteiger partial charge in [0.15, 0.2) is 6.61 Å². The third-order valence-corrected chi connectivity index (χ3v) is 5.37. The van der Waals surface area contributed by atoms with Gasteiger partial charge in [-0.2, -0.15) is 5.26 Å². The van der Waals surface area contributed by atoms with E-state index in [1.165, 1.54) is 30.2 Å². The fourth-order valence-electron chi connectivity index (χ4n) is 3.73. The predicted octanol–water partition coefficient (Wildman–Crippen LogP) is 2.26. The SMILES string of the molecule is Cc1cc(/C=C(\C#N)C(=O)OCC(=O)NCC(=O)N(C)C)c(C)n1C1CCCCC1. The average molecular weight is 415 g/mol. The van der Waals surface area contributed by atoms with E-state index in [9.17, 15) is 19.6 Å². The second-order valence-electron chi connectivity index (χ2n) is 7.80. The first-order valence-electron chi connectivity index (χ1n) is 10.2. The van der Waals surface area contributed by atoms with Crippen LogP contribution in [0.25, 0.3) is 6.08 Å². The van der Waals surface area contributed by atoms with Crippen molar-refractivity contribution in [2.24, 2.45) is 0 Å². The second-order valence-corrected chi connectivity index (χ2v) is 7.80. The van der Waals surface area contributed by atoms with Crippen molar-refractivity contribution in [3.05, 3.63) is 28.6 Å². The fourth-order valence-corrected chi connectivity index (χ4v) is 3.73. The molecule has 2 amide bonds. The molecule has 0 spiro atoms. The van der Waals surface area contributed by atoms with Gasteiger partial charge in [-0.1, -0.05) is 19.3 Å². The quantitative estimate of drug-likeness (QED) is 0.419. The molecule has 0 atom stereocenters. The van der Waals surface area contributed by atoms with E-state index in [4.69, 9.17) is 4.74 Å². The minimum atomic E-state index is -0.867. The molecule has 162 valence electrons. The number of esters is 1. The Balaban J connectivity index is 2.03. The number of ether oxygens (including phenoxy) is 1. The molecule has 1 aliphatic carbocycles. The van der Waals surface area contributed by atoms with E-state index in [-0.39, 0.29) is 18.0 Å². The molecule has 0 radical (unpaired) electrons. The molecule has 1 aliphatic rings. The summed E-state index contributed by atoms with van der Waals surface area (Å²) in [5.41, 5.74) is 2.74. The van der Waals surface area contributed by atoms with E-state index in [1.807, 2.05) is 26.0 Å². The van der Waals surface area contributed by atoms with Crippen LogP contribution in [0.4, 0.5) is 0 Å². The maximum Gasteiger partial charge on any atom is 0.349 e. The molecule has 1 saturated carbocycles. The fraction of sp³-hybridized carbons (Fsp3) is 0.545. The van der Waals surface area contributed by atoms with E-state index in [0.717, 1.165) is 29.8 Å². The Bertz CT molecular complexity index is 870. The van der Waals surface area contributed by atoms with E-state index in [2.05, 4.69) is 9.88 Å². The van der Waals surface area contributed by atoms with Gasteiger partial charge in [-0.15, -0.1) is 0 Å². The summed E-state index contributed by atoms with van der Waals surface area (Å²) in [6.07, 6.45) is 7.48. The number of nitrogens with one attached hydrogen (secondary N) is 1. The molecule has 1 aromatic rings. The van der Waals surface area contributed by atoms with E-state index < -0.39 is 18.5 Å². The van der Waals surface area contributed by atoms with Crippen molar-refractivity contribution >= 4 is 23.9 Å². The maximum atomic E-state index is 12.3. The number of rotatable bonds is 7. The zero-order valence-corrected chi connectivity index (χ0v) is 18.2. The highest BCUT2D eigenvalue weighted by Gasteiger charge is 2.21. The van der Waals surface area contributed by atoms with Crippen LogP contribution in [-0.2, 0) is 19.1 Å². The number of carbonyl (C=O) groups excluding carboxylic acids is 3. The summed E-state index contributed by atoms with van der Waals surface area (Å²) in [4.78, 5) is 36.8. The highest BCUT2D eigenvalue weighted by atomic mass is 16.5. The number of carbonyl (C=O) groups is 3. The Hall–Kier alpha value is -3.08. The van der Waals surface area contributed by atoms with Crippen molar-refractivity contribution in [3.63, 3.8) is 0 Å². The Kier molecular flexibility index (Phi) is 8.22. The Labute approximate surface area is 177 Å². The van der Waals surface area contributed by atoms with Gasteiger partial charge in [-0.3, -0.25) is 9.59 Å². The lowest BCUT2D eigenvalue weighted by Gasteiger charge is -2.26. The van der Waals surface area contributed by atoms with Gasteiger partial charge in [0.25, 0.3) is 5.91 Å². The normalized spacial score (nSPS) is 14.7. The molecule has 0 aliphatic heterocycles. The number of hydrogen-bond donors (Lipinski definition) is 1. The number of aryl methyl sites for hydroxylation is 1. The molecule has 0 unspecified atom stereocenters. The summed E-state index contributed by atoms with van der Waals surface area (Å²) in [6, 6.07) is 4.28. The zero-order chi connectivity index (χ0) is 22.3. The van der Waals surface area contributed by atoms with Crippen LogP contribution in [0, 0.1) is 25.2 Å². The van der Waals surface area contributed by atoms with Crippen molar-refractivity contribution in [3.8, 4) is 6.07 Å². The summed E-state index contributed by atoms with van der Waals surface area (Å²) in [6.45, 7) is 3.28. The summed E-state index contributed by atoms with van der Waals surface area (Å²) in [7, 11) is 3.15. The van der Waals surface area contributed by atoms with Gasteiger partial charge in [-0.05, 0) is 44.4 Å². The molecule has 0 saturated heterocycles. The standard InChI is InChI=1S/C22H30N4O4/c1-15-10-17(16(2)26(15)19-8-6-5-7-9-19)11-18(12-23)22(29)30-14-20(27)24-13-21(28)25(3)4/h10-11,19H,5-9,13-14H2,1-4H3,(H,24,27)/b18-11+. The summed E-state index contributed by atoms with van der Waals surface area (Å²) in [5.74, 6) is -1.75. The molecule has 0 bridgehead atoms. The average Bonchev–Trinajstić information content (AvgIpc) is 3.01. The lowest BCUT2D eigenvalue weighted by atomic mass is 9.95. The van der Waals surface area contributed by atoms with Gasteiger partial charge in [0.05, 0.1) is 6.54 Å². The van der Waals surface area contributed by atoms with Crippen LogP contribution >= 0.6 is 0 Å². The van der Waals surface area contributed by atoms with Crippen molar-refractivity contribution in [2.45, 2.75) is 52.0 Å². The predicted molar refractivity (Wildman–Crippen MR) is 112 cm³/mol. The largest absolute Gasteiger partial charge is 0.451 e. The monoisotopic (exact) mass is 414 g/mol. The van der Waals surface area contributed by atoms with Gasteiger partial charge in [0.2, 0.25) is 5.91 Å².